The number of hydrogen-bond donors (Lipinski definition) is 2. The first-order chi connectivity index (χ1) is 32.0. The van der Waals surface area contributed by atoms with Crippen LogP contribution in [-0.4, -0.2) is 25.7 Å². The van der Waals surface area contributed by atoms with Gasteiger partial charge in [0.2, 0.25) is 0 Å². The average molecular weight is 893 g/mol. The molecule has 342 valence electrons. The van der Waals surface area contributed by atoms with E-state index < -0.39 is 0 Å². The molecule has 5 nitrogen and oxygen atoms in total. The van der Waals surface area contributed by atoms with Gasteiger partial charge in [0, 0.05) is 50.8 Å². The van der Waals surface area contributed by atoms with Crippen LogP contribution >= 0.6 is 0 Å². The molecule has 2 N–H and O–H groups in total. The van der Waals surface area contributed by atoms with E-state index >= 15 is 0 Å². The quantitative estimate of drug-likeness (QED) is 0.186. The van der Waals surface area contributed by atoms with Crippen LogP contribution in [0, 0.1) is 6.92 Å². The Hall–Kier alpha value is -6.85. The summed E-state index contributed by atoms with van der Waals surface area (Å²) in [6.07, 6.45) is 8.86. The number of aromatic nitrogens is 4. The third-order valence-corrected chi connectivity index (χ3v) is 14.2. The molecule has 0 amide bonds. The highest BCUT2D eigenvalue weighted by Gasteiger charge is 2.30. The number of aromatic amines is 2. The number of nitrogens with zero attached hydrogens (tertiary/aromatic N) is 2. The van der Waals surface area contributed by atoms with Gasteiger partial charge in [0.15, 0.2) is 5.78 Å². The molecule has 3 aliphatic rings. The van der Waals surface area contributed by atoms with Crippen molar-refractivity contribution in [2.75, 3.05) is 0 Å². The van der Waals surface area contributed by atoms with Gasteiger partial charge in [0.1, 0.15) is 0 Å². The zero-order valence-corrected chi connectivity index (χ0v) is 42.1. The third-order valence-electron chi connectivity index (χ3n) is 14.2. The molecule has 0 radical (unpaired) electrons. The summed E-state index contributed by atoms with van der Waals surface area (Å²) in [6, 6.07) is 37.8. The zero-order valence-electron chi connectivity index (χ0n) is 42.1. The lowest BCUT2D eigenvalue weighted by atomic mass is 9.82. The largest absolute Gasteiger partial charge is 0.354 e. The van der Waals surface area contributed by atoms with Crippen LogP contribution in [-0.2, 0) is 28.1 Å². The van der Waals surface area contributed by atoms with Gasteiger partial charge >= 0.3 is 0 Å². The number of hydrogen-bond acceptors (Lipinski definition) is 3. The van der Waals surface area contributed by atoms with Crippen LogP contribution in [0.5, 0.6) is 0 Å². The van der Waals surface area contributed by atoms with E-state index in [-0.39, 0.29) is 33.9 Å². The van der Waals surface area contributed by atoms with Gasteiger partial charge in [0.25, 0.3) is 0 Å². The predicted molar refractivity (Wildman–Crippen MR) is 288 cm³/mol. The molecule has 7 aromatic rings. The second-order valence-corrected chi connectivity index (χ2v) is 23.3. The molecule has 1 aliphatic carbocycles. The molecule has 8 bridgehead atoms. The van der Waals surface area contributed by atoms with Crippen LogP contribution in [0.3, 0.4) is 0 Å². The Morgan fingerprint density at radius 1 is 0.412 bits per heavy atom. The van der Waals surface area contributed by atoms with E-state index in [1.165, 1.54) is 22.3 Å². The minimum absolute atomic E-state index is 0.00174. The van der Waals surface area contributed by atoms with Crippen molar-refractivity contribution < 1.29 is 4.79 Å². The van der Waals surface area contributed by atoms with Gasteiger partial charge in [0.05, 0.1) is 28.3 Å². The van der Waals surface area contributed by atoms with Crippen LogP contribution < -0.4 is 0 Å². The summed E-state index contributed by atoms with van der Waals surface area (Å²) in [5.74, 6) is 0.0756. The van der Waals surface area contributed by atoms with E-state index in [4.69, 9.17) is 9.97 Å². The molecule has 0 atom stereocenters. The molecular weight excluding hydrogens is 829 g/mol. The fourth-order valence-corrected chi connectivity index (χ4v) is 10.1. The van der Waals surface area contributed by atoms with Crippen LogP contribution in [0.4, 0.5) is 0 Å². The highest BCUT2D eigenvalue weighted by atomic mass is 16.1. The zero-order chi connectivity index (χ0) is 48.2. The number of nitrogens with one attached hydrogen (secondary N) is 2. The molecule has 0 fully saturated rings. The Bertz CT molecular complexity index is 3430. The van der Waals surface area contributed by atoms with Crippen LogP contribution in [0.2, 0.25) is 0 Å². The molecule has 0 saturated heterocycles. The van der Waals surface area contributed by atoms with Crippen molar-refractivity contribution in [2.24, 2.45) is 0 Å². The summed E-state index contributed by atoms with van der Waals surface area (Å²) in [7, 11) is 0. The maximum Gasteiger partial charge on any atom is 0.169 e. The van der Waals surface area contributed by atoms with E-state index in [0.717, 1.165) is 100 Å². The molecular formula is C63H64N4O. The standard InChI is InChI=1S/C63H64N4O/c1-36-32-44(63(11,12)13)33-40-34-53(68)45-35-52-57(39-18-24-43(25-19-39)62(8,9)10)50-29-28-48(65-50)55(37-14-20-41(21-15-37)60(2,3)4)46-26-27-47(64-46)56(38-16-22-42(23-17-38)61(5,6)7)49-30-31-51(66-49)58(54(36)40)59(45)67-52/h14-33,35,64,67H,34H2,1-13H3. The predicted octanol–water partition coefficient (Wildman–Crippen LogP) is 16.6. The van der Waals surface area contributed by atoms with Gasteiger partial charge < -0.3 is 9.97 Å². The highest BCUT2D eigenvalue weighted by molar-refractivity contribution is 6.14. The smallest absolute Gasteiger partial charge is 0.169 e. The lowest BCUT2D eigenvalue weighted by Crippen LogP contribution is -2.13. The average Bonchev–Trinajstić information content (AvgIpc) is 4.10. The van der Waals surface area contributed by atoms with Gasteiger partial charge in [-0.05, 0) is 127 Å². The van der Waals surface area contributed by atoms with Crippen molar-refractivity contribution in [2.45, 2.75) is 118 Å². The second kappa shape index (κ2) is 15.9. The van der Waals surface area contributed by atoms with Crippen molar-refractivity contribution in [3.63, 3.8) is 0 Å². The third kappa shape index (κ3) is 8.00. The number of carbonyl (C=O) groups excluding carboxylic acids is 1. The number of benzene rings is 4. The van der Waals surface area contributed by atoms with Crippen molar-refractivity contribution in [3.8, 4) is 44.5 Å². The first-order valence-corrected chi connectivity index (χ1v) is 24.2. The van der Waals surface area contributed by atoms with E-state index in [0.29, 0.717) is 5.56 Å². The summed E-state index contributed by atoms with van der Waals surface area (Å²) < 4.78 is 0. The summed E-state index contributed by atoms with van der Waals surface area (Å²) in [4.78, 5) is 34.0. The molecule has 3 aromatic heterocycles. The Labute approximate surface area is 402 Å². The summed E-state index contributed by atoms with van der Waals surface area (Å²) in [5.41, 5.74) is 22.7. The number of rotatable bonds is 3. The van der Waals surface area contributed by atoms with Crippen molar-refractivity contribution >= 4 is 52.2 Å². The Morgan fingerprint density at radius 2 is 0.794 bits per heavy atom. The highest BCUT2D eigenvalue weighted by Crippen LogP contribution is 2.44. The number of H-pyrrole nitrogens is 2. The van der Waals surface area contributed by atoms with E-state index in [1.54, 1.807) is 0 Å². The molecule has 4 aromatic carbocycles. The van der Waals surface area contributed by atoms with Gasteiger partial charge in [-0.3, -0.25) is 4.79 Å². The van der Waals surface area contributed by atoms with Crippen LogP contribution in [0.25, 0.3) is 90.9 Å². The normalized spacial score (nSPS) is 13.8. The van der Waals surface area contributed by atoms with Crippen molar-refractivity contribution in [1.82, 2.24) is 19.9 Å². The molecule has 0 unspecified atom stereocenters. The number of fused-ring (bicyclic) bond motifs is 10. The minimum Gasteiger partial charge on any atom is -0.354 e. The maximum atomic E-state index is 14.9. The lowest BCUT2D eigenvalue weighted by molar-refractivity contribution is 0.0995. The van der Waals surface area contributed by atoms with Gasteiger partial charge in [-0.2, -0.15) is 0 Å². The summed E-state index contributed by atoms with van der Waals surface area (Å²) in [5, 5.41) is 0. The Kier molecular flexibility index (Phi) is 10.5. The van der Waals surface area contributed by atoms with E-state index in [9.17, 15) is 4.79 Å². The van der Waals surface area contributed by atoms with Crippen LogP contribution in [0.1, 0.15) is 150 Å². The molecule has 2 aliphatic heterocycles. The minimum atomic E-state index is -0.0975. The fourth-order valence-electron chi connectivity index (χ4n) is 10.1. The van der Waals surface area contributed by atoms with Gasteiger partial charge in [-0.15, -0.1) is 0 Å². The first-order valence-electron chi connectivity index (χ1n) is 24.2. The Morgan fingerprint density at radius 3 is 1.19 bits per heavy atom. The van der Waals surface area contributed by atoms with Gasteiger partial charge in [-0.1, -0.05) is 168 Å². The molecule has 10 rings (SSSR count). The van der Waals surface area contributed by atoms with Gasteiger partial charge in [-0.25, -0.2) is 9.97 Å². The first kappa shape index (κ1) is 45.0. The molecule has 0 spiro atoms. The topological polar surface area (TPSA) is 74.4 Å². The number of aryl methyl sites for hydroxylation is 1. The Balaban J connectivity index is 1.39. The van der Waals surface area contributed by atoms with Crippen molar-refractivity contribution in [3.05, 3.63) is 165 Å². The van der Waals surface area contributed by atoms with E-state index in [1.807, 2.05) is 0 Å². The molecule has 5 heterocycles. The molecule has 5 heteroatoms. The second-order valence-electron chi connectivity index (χ2n) is 23.3. The summed E-state index contributed by atoms with van der Waals surface area (Å²) in [6.45, 7) is 29.1. The van der Waals surface area contributed by atoms with E-state index in [2.05, 4.69) is 227 Å². The van der Waals surface area contributed by atoms with Crippen LogP contribution in [0.15, 0.2) is 103 Å². The monoisotopic (exact) mass is 893 g/mol. The number of ketones is 1. The van der Waals surface area contributed by atoms with Crippen molar-refractivity contribution in [1.29, 1.82) is 0 Å². The fraction of sp³-hybridized carbons (Fsp3) is 0.286. The SMILES string of the molecule is Cc1cc(C(C)(C)C)cc2c1-c1c3nc(c(-c4ccc(C(C)(C)C)cc4)c4ccc([nH]4)c(-c4ccc(C(C)(C)C)cc4)c4nc(c(-c5ccc(C(C)(C)C)cc5)c5cc(c1[nH]5)C(=O)C2)C=C4)C=C3. The maximum absolute atomic E-state index is 14.9. The molecule has 0 saturated carbocycles. The summed E-state index contributed by atoms with van der Waals surface area (Å²) >= 11 is 0. The molecule has 68 heavy (non-hydrogen) atoms. The number of Topliss-reactive ketones (excluding diaryl/α,β-unsaturated/α-hetero) is 1. The lowest BCUT2D eigenvalue weighted by Gasteiger charge is -2.23. The number of carbonyl (C=O) groups is 1.